The summed E-state index contributed by atoms with van der Waals surface area (Å²) in [5.41, 5.74) is 0.661. The summed E-state index contributed by atoms with van der Waals surface area (Å²) in [4.78, 5) is 0.917. The van der Waals surface area contributed by atoms with Gasteiger partial charge in [-0.15, -0.1) is 11.6 Å². The quantitative estimate of drug-likeness (QED) is 0.518. The fourth-order valence-corrected chi connectivity index (χ4v) is 3.01. The van der Waals surface area contributed by atoms with Gasteiger partial charge in [-0.25, -0.2) is 0 Å². The van der Waals surface area contributed by atoms with Crippen molar-refractivity contribution in [1.82, 2.24) is 0 Å². The SMILES string of the molecule is CO[Si](C)(CCl)CBr. The van der Waals surface area contributed by atoms with Crippen LogP contribution in [0.4, 0.5) is 0 Å². The summed E-state index contributed by atoms with van der Waals surface area (Å²) >= 11 is 8.96. The topological polar surface area (TPSA) is 9.23 Å². The van der Waals surface area contributed by atoms with Crippen LogP contribution in [0, 0.1) is 0 Å². The molecule has 0 rings (SSSR count). The molecule has 0 bridgehead atoms. The molecule has 0 aliphatic heterocycles. The van der Waals surface area contributed by atoms with E-state index in [-0.39, 0.29) is 0 Å². The van der Waals surface area contributed by atoms with Crippen LogP contribution in [0.5, 0.6) is 0 Å². The summed E-state index contributed by atoms with van der Waals surface area (Å²) in [5.74, 6) is 0. The first-order chi connectivity index (χ1) is 3.68. The van der Waals surface area contributed by atoms with Crippen LogP contribution in [-0.4, -0.2) is 25.9 Å². The third-order valence-electron chi connectivity index (χ3n) is 1.06. The Labute approximate surface area is 64.6 Å². The molecule has 0 aliphatic rings. The average Bonchev–Trinajstić information content (AvgIpc) is 1.87. The zero-order chi connectivity index (χ0) is 6.62. The summed E-state index contributed by atoms with van der Waals surface area (Å²) in [6.07, 6.45) is 0. The van der Waals surface area contributed by atoms with Crippen LogP contribution in [0.1, 0.15) is 0 Å². The lowest BCUT2D eigenvalue weighted by atomic mass is 11.8. The van der Waals surface area contributed by atoms with E-state index in [9.17, 15) is 0 Å². The molecule has 50 valence electrons. The third kappa shape index (κ3) is 2.48. The van der Waals surface area contributed by atoms with Gasteiger partial charge in [-0.05, 0) is 6.55 Å². The Morgan fingerprint density at radius 1 is 1.75 bits per heavy atom. The second-order valence-electron chi connectivity index (χ2n) is 1.92. The van der Waals surface area contributed by atoms with Crippen molar-refractivity contribution in [2.45, 2.75) is 6.55 Å². The predicted molar refractivity (Wildman–Crippen MR) is 43.1 cm³/mol. The Morgan fingerprint density at radius 2 is 2.25 bits per heavy atom. The van der Waals surface area contributed by atoms with E-state index in [0.717, 1.165) is 4.95 Å². The number of alkyl halides is 2. The van der Waals surface area contributed by atoms with Gasteiger partial charge in [0.1, 0.15) is 0 Å². The molecule has 0 saturated heterocycles. The van der Waals surface area contributed by atoms with E-state index < -0.39 is 8.32 Å². The van der Waals surface area contributed by atoms with E-state index in [1.165, 1.54) is 0 Å². The highest BCUT2D eigenvalue weighted by molar-refractivity contribution is 9.09. The molecule has 0 aromatic rings. The monoisotopic (exact) mass is 216 g/mol. The number of halogens is 2. The average molecular weight is 218 g/mol. The molecule has 4 heteroatoms. The lowest BCUT2D eigenvalue weighted by Gasteiger charge is -2.18. The molecule has 1 atom stereocenters. The molecule has 0 aromatic carbocycles. The van der Waals surface area contributed by atoms with Crippen LogP contribution in [0.2, 0.25) is 6.55 Å². The fraction of sp³-hybridized carbons (Fsp3) is 1.00. The Bertz CT molecular complexity index is 58.8. The Hall–Kier alpha value is 0.947. The number of hydrogen-bond acceptors (Lipinski definition) is 1. The van der Waals surface area contributed by atoms with Gasteiger partial charge in [0.15, 0.2) is 0 Å². The van der Waals surface area contributed by atoms with Gasteiger partial charge in [0, 0.05) is 17.6 Å². The van der Waals surface area contributed by atoms with E-state index in [2.05, 4.69) is 22.5 Å². The smallest absolute Gasteiger partial charge is 0.214 e. The highest BCUT2D eigenvalue weighted by Gasteiger charge is 2.24. The summed E-state index contributed by atoms with van der Waals surface area (Å²) in [5, 5.41) is 0. The molecule has 1 nitrogen and oxygen atoms in total. The van der Waals surface area contributed by atoms with Crippen molar-refractivity contribution in [3.8, 4) is 0 Å². The highest BCUT2D eigenvalue weighted by Crippen LogP contribution is 2.08. The van der Waals surface area contributed by atoms with E-state index in [0.29, 0.717) is 5.50 Å². The molecule has 1 unspecified atom stereocenters. The first-order valence-electron chi connectivity index (χ1n) is 2.35. The lowest BCUT2D eigenvalue weighted by Crippen LogP contribution is -2.38. The first-order valence-corrected chi connectivity index (χ1v) is 6.83. The molecule has 0 aromatic heterocycles. The maximum atomic E-state index is 5.62. The molecule has 0 amide bonds. The van der Waals surface area contributed by atoms with Crippen molar-refractivity contribution < 1.29 is 4.43 Å². The molecular weight excluding hydrogens is 207 g/mol. The van der Waals surface area contributed by atoms with Crippen molar-refractivity contribution >= 4 is 35.8 Å². The van der Waals surface area contributed by atoms with E-state index in [1.54, 1.807) is 7.11 Å². The number of rotatable bonds is 3. The normalized spacial score (nSPS) is 18.0. The largest absolute Gasteiger partial charge is 0.418 e. The molecule has 0 N–H and O–H groups in total. The summed E-state index contributed by atoms with van der Waals surface area (Å²) < 4.78 is 5.20. The molecule has 0 radical (unpaired) electrons. The van der Waals surface area contributed by atoms with E-state index >= 15 is 0 Å². The first kappa shape index (κ1) is 8.95. The van der Waals surface area contributed by atoms with Gasteiger partial charge in [0.25, 0.3) is 0 Å². The van der Waals surface area contributed by atoms with Crippen LogP contribution < -0.4 is 0 Å². The molecule has 0 heterocycles. The highest BCUT2D eigenvalue weighted by atomic mass is 79.9. The van der Waals surface area contributed by atoms with Crippen LogP contribution >= 0.6 is 27.5 Å². The molecule has 0 fully saturated rings. The minimum absolute atomic E-state index is 0.661. The second-order valence-corrected chi connectivity index (χ2v) is 8.25. The standard InChI is InChI=1S/C4H10BrClOSi/c1-7-8(2,3-5)4-6/h3-4H2,1-2H3. The fourth-order valence-electron chi connectivity index (χ4n) is 0.145. The van der Waals surface area contributed by atoms with Crippen LogP contribution in [0.25, 0.3) is 0 Å². The van der Waals surface area contributed by atoms with Crippen LogP contribution in [-0.2, 0) is 4.43 Å². The molecule has 0 spiro atoms. The van der Waals surface area contributed by atoms with Crippen molar-refractivity contribution in [2.75, 3.05) is 17.6 Å². The molecule has 0 saturated carbocycles. The van der Waals surface area contributed by atoms with Gasteiger partial charge < -0.3 is 4.43 Å². The second kappa shape index (κ2) is 3.88. The third-order valence-corrected chi connectivity index (χ3v) is 8.43. The Morgan fingerprint density at radius 3 is 2.25 bits per heavy atom. The lowest BCUT2D eigenvalue weighted by molar-refractivity contribution is 0.409. The summed E-state index contributed by atoms with van der Waals surface area (Å²) in [6.45, 7) is 2.09. The minimum Gasteiger partial charge on any atom is -0.418 e. The minimum atomic E-state index is -1.49. The van der Waals surface area contributed by atoms with Gasteiger partial charge >= 0.3 is 0 Å². The summed E-state index contributed by atoms with van der Waals surface area (Å²) in [6, 6.07) is 0. The predicted octanol–water partition coefficient (Wildman–Crippen LogP) is 1.92. The maximum absolute atomic E-state index is 5.62. The maximum Gasteiger partial charge on any atom is 0.214 e. The van der Waals surface area contributed by atoms with Crippen molar-refractivity contribution in [2.24, 2.45) is 0 Å². The molecule has 8 heavy (non-hydrogen) atoms. The van der Waals surface area contributed by atoms with Gasteiger partial charge in [-0.3, -0.25) is 0 Å². The van der Waals surface area contributed by atoms with E-state index in [4.69, 9.17) is 16.0 Å². The Kier molecular flexibility index (Phi) is 4.33. The van der Waals surface area contributed by atoms with Crippen molar-refractivity contribution in [3.05, 3.63) is 0 Å². The number of hydrogen-bond donors (Lipinski definition) is 0. The van der Waals surface area contributed by atoms with Crippen LogP contribution in [0.3, 0.4) is 0 Å². The zero-order valence-electron chi connectivity index (χ0n) is 5.08. The van der Waals surface area contributed by atoms with Gasteiger partial charge in [-0.2, -0.15) is 0 Å². The van der Waals surface area contributed by atoms with Gasteiger partial charge in [0.05, 0.1) is 0 Å². The van der Waals surface area contributed by atoms with Crippen molar-refractivity contribution in [3.63, 3.8) is 0 Å². The molecular formula is C4H10BrClOSi. The van der Waals surface area contributed by atoms with E-state index in [1.807, 2.05) is 0 Å². The van der Waals surface area contributed by atoms with Gasteiger partial charge in [0.2, 0.25) is 8.32 Å². The summed E-state index contributed by atoms with van der Waals surface area (Å²) in [7, 11) is 0.229. The zero-order valence-corrected chi connectivity index (χ0v) is 8.42. The molecule has 0 aliphatic carbocycles. The van der Waals surface area contributed by atoms with Gasteiger partial charge in [-0.1, -0.05) is 15.9 Å². The van der Waals surface area contributed by atoms with Crippen LogP contribution in [0.15, 0.2) is 0 Å². The Balaban J connectivity index is 3.58. The van der Waals surface area contributed by atoms with Crippen molar-refractivity contribution in [1.29, 1.82) is 0 Å².